The number of nitrogens with one attached hydrogen (secondary N) is 1. The van der Waals surface area contributed by atoms with Crippen LogP contribution in [-0.2, 0) is 9.59 Å². The molecule has 0 saturated carbocycles. The summed E-state index contributed by atoms with van der Waals surface area (Å²) in [5.41, 5.74) is 0.0389. The van der Waals surface area contributed by atoms with E-state index in [1.165, 1.54) is 44.6 Å². The average molecular weight is 519 g/mol. The maximum atomic E-state index is 13.3. The van der Waals surface area contributed by atoms with Gasteiger partial charge in [-0.2, -0.15) is 0 Å². The topological polar surface area (TPSA) is 103 Å². The number of rotatable bonds is 8. The van der Waals surface area contributed by atoms with Crippen LogP contribution in [0.5, 0.6) is 23.0 Å². The van der Waals surface area contributed by atoms with Crippen LogP contribution in [0, 0.1) is 12.3 Å². The van der Waals surface area contributed by atoms with Gasteiger partial charge in [0.2, 0.25) is 0 Å². The summed E-state index contributed by atoms with van der Waals surface area (Å²) in [6.07, 6.45) is 6.52. The molecule has 35 heavy (non-hydrogen) atoms. The van der Waals surface area contributed by atoms with Gasteiger partial charge in [-0.3, -0.25) is 14.9 Å². The lowest BCUT2D eigenvalue weighted by Crippen LogP contribution is -2.54. The number of amides is 4. The molecular weight excluding hydrogens is 499 g/mol. The Kier molecular flexibility index (Phi) is 8.12. The smallest absolute Gasteiger partial charge is 0.336 e. The standard InChI is InChI=1S/C24H20Cl2N2O7/c1-5-7-35-21-16(26)9-13(10-20(21)34-6-2)8-14-22(29)27-24(31)28(23(14)30)17-12-18(32-3)15(25)11-19(17)33-4/h1,8-12H,6-7H2,2-4H3,(H,27,29,31)/b14-8+. The zero-order valence-electron chi connectivity index (χ0n) is 18.9. The van der Waals surface area contributed by atoms with Crippen LogP contribution in [-0.4, -0.2) is 45.3 Å². The lowest BCUT2D eigenvalue weighted by Gasteiger charge is -2.28. The summed E-state index contributed by atoms with van der Waals surface area (Å²) in [5.74, 6) is 1.35. The summed E-state index contributed by atoms with van der Waals surface area (Å²) in [7, 11) is 2.72. The number of hydrogen-bond acceptors (Lipinski definition) is 7. The van der Waals surface area contributed by atoms with E-state index in [1.807, 2.05) is 0 Å². The molecule has 1 fully saturated rings. The highest BCUT2D eigenvalue weighted by atomic mass is 35.5. The van der Waals surface area contributed by atoms with Crippen molar-refractivity contribution < 1.29 is 33.3 Å². The third-order valence-electron chi connectivity index (χ3n) is 4.74. The molecule has 0 spiro atoms. The molecular formula is C24H20Cl2N2O7. The molecule has 1 aliphatic rings. The van der Waals surface area contributed by atoms with Crippen molar-refractivity contribution in [3.8, 4) is 35.3 Å². The Hall–Kier alpha value is -3.87. The summed E-state index contributed by atoms with van der Waals surface area (Å²) in [4.78, 5) is 39.3. The third-order valence-corrected chi connectivity index (χ3v) is 5.31. The highest BCUT2D eigenvalue weighted by Gasteiger charge is 2.38. The molecule has 1 N–H and O–H groups in total. The van der Waals surface area contributed by atoms with Gasteiger partial charge in [0, 0.05) is 12.1 Å². The first kappa shape index (κ1) is 25.7. The van der Waals surface area contributed by atoms with Crippen molar-refractivity contribution in [2.45, 2.75) is 6.92 Å². The van der Waals surface area contributed by atoms with Crippen LogP contribution in [0.1, 0.15) is 12.5 Å². The molecule has 1 saturated heterocycles. The van der Waals surface area contributed by atoms with Gasteiger partial charge >= 0.3 is 6.03 Å². The zero-order valence-corrected chi connectivity index (χ0v) is 20.5. The first-order valence-electron chi connectivity index (χ1n) is 10.1. The number of barbiturate groups is 1. The molecule has 0 bridgehead atoms. The Morgan fingerprint density at radius 3 is 2.34 bits per heavy atom. The fraction of sp³-hybridized carbons (Fsp3) is 0.208. The predicted octanol–water partition coefficient (Wildman–Crippen LogP) is 4.09. The van der Waals surface area contributed by atoms with Crippen LogP contribution in [0.3, 0.4) is 0 Å². The minimum Gasteiger partial charge on any atom is -0.495 e. The fourth-order valence-electron chi connectivity index (χ4n) is 3.25. The fourth-order valence-corrected chi connectivity index (χ4v) is 3.75. The van der Waals surface area contributed by atoms with Crippen LogP contribution in [0.2, 0.25) is 10.0 Å². The second-order valence-electron chi connectivity index (χ2n) is 6.87. The van der Waals surface area contributed by atoms with Crippen molar-refractivity contribution in [1.82, 2.24) is 5.32 Å². The molecule has 182 valence electrons. The van der Waals surface area contributed by atoms with E-state index < -0.39 is 17.8 Å². The number of nitrogens with zero attached hydrogens (tertiary/aromatic N) is 1. The summed E-state index contributed by atoms with van der Waals surface area (Å²) in [5, 5.41) is 2.50. The van der Waals surface area contributed by atoms with Crippen LogP contribution >= 0.6 is 23.2 Å². The Bertz CT molecular complexity index is 1270. The third kappa shape index (κ3) is 5.29. The Morgan fingerprint density at radius 1 is 1.00 bits per heavy atom. The Labute approximate surface area is 211 Å². The van der Waals surface area contributed by atoms with Gasteiger partial charge in [0.15, 0.2) is 11.5 Å². The highest BCUT2D eigenvalue weighted by molar-refractivity contribution is 6.40. The second-order valence-corrected chi connectivity index (χ2v) is 7.69. The van der Waals surface area contributed by atoms with E-state index in [9.17, 15) is 14.4 Å². The van der Waals surface area contributed by atoms with E-state index in [-0.39, 0.29) is 50.9 Å². The van der Waals surface area contributed by atoms with Crippen LogP contribution in [0.15, 0.2) is 29.8 Å². The summed E-state index contributed by atoms with van der Waals surface area (Å²) in [6, 6.07) is 4.77. The number of methoxy groups -OCH3 is 2. The van der Waals surface area contributed by atoms with E-state index in [2.05, 4.69) is 11.2 Å². The van der Waals surface area contributed by atoms with Gasteiger partial charge in [0.05, 0.1) is 36.6 Å². The zero-order chi connectivity index (χ0) is 25.7. The number of urea groups is 1. The quantitative estimate of drug-likeness (QED) is 0.319. The van der Waals surface area contributed by atoms with E-state index in [4.69, 9.17) is 48.6 Å². The molecule has 0 aliphatic carbocycles. The number of halogens is 2. The molecule has 0 atom stereocenters. The van der Waals surface area contributed by atoms with Crippen molar-refractivity contribution in [1.29, 1.82) is 0 Å². The maximum Gasteiger partial charge on any atom is 0.336 e. The first-order chi connectivity index (χ1) is 16.7. The van der Waals surface area contributed by atoms with Crippen LogP contribution in [0.25, 0.3) is 6.08 Å². The van der Waals surface area contributed by atoms with Gasteiger partial charge in [-0.05, 0) is 30.7 Å². The van der Waals surface area contributed by atoms with Crippen molar-refractivity contribution in [2.75, 3.05) is 32.3 Å². The average Bonchev–Trinajstić information content (AvgIpc) is 2.82. The van der Waals surface area contributed by atoms with E-state index >= 15 is 0 Å². The molecule has 2 aromatic carbocycles. The molecule has 0 radical (unpaired) electrons. The van der Waals surface area contributed by atoms with Crippen molar-refractivity contribution >= 4 is 52.8 Å². The van der Waals surface area contributed by atoms with Gasteiger partial charge in [0.1, 0.15) is 23.7 Å². The molecule has 3 rings (SSSR count). The number of carbonyl (C=O) groups excluding carboxylic acids is 3. The van der Waals surface area contributed by atoms with Gasteiger partial charge in [0.25, 0.3) is 11.8 Å². The lowest BCUT2D eigenvalue weighted by molar-refractivity contribution is -0.122. The SMILES string of the molecule is C#CCOc1c(Cl)cc(/C=C2\C(=O)NC(=O)N(c3cc(OC)c(Cl)cc3OC)C2=O)cc1OCC. The molecule has 0 aromatic heterocycles. The van der Waals surface area contributed by atoms with Gasteiger partial charge in [-0.25, -0.2) is 9.69 Å². The monoisotopic (exact) mass is 518 g/mol. The number of hydrogen-bond donors (Lipinski definition) is 1. The number of ether oxygens (including phenoxy) is 4. The minimum atomic E-state index is -0.967. The van der Waals surface area contributed by atoms with Gasteiger partial charge in [-0.15, -0.1) is 6.42 Å². The summed E-state index contributed by atoms with van der Waals surface area (Å²) in [6.45, 7) is 2.02. The van der Waals surface area contributed by atoms with E-state index in [1.54, 1.807) is 6.92 Å². The molecule has 9 nitrogen and oxygen atoms in total. The van der Waals surface area contributed by atoms with Crippen LogP contribution in [0.4, 0.5) is 10.5 Å². The first-order valence-corrected chi connectivity index (χ1v) is 10.9. The number of carbonyl (C=O) groups is 3. The number of benzene rings is 2. The summed E-state index contributed by atoms with van der Waals surface area (Å²) < 4.78 is 21.5. The number of imide groups is 2. The number of terminal acetylenes is 1. The number of anilines is 1. The van der Waals surface area contributed by atoms with Crippen LogP contribution < -0.4 is 29.2 Å². The lowest BCUT2D eigenvalue weighted by atomic mass is 10.1. The molecule has 1 aliphatic heterocycles. The molecule has 11 heteroatoms. The van der Waals surface area contributed by atoms with Crippen molar-refractivity contribution in [3.63, 3.8) is 0 Å². The molecule has 2 aromatic rings. The maximum absolute atomic E-state index is 13.3. The van der Waals surface area contributed by atoms with E-state index in [0.29, 0.717) is 12.2 Å². The van der Waals surface area contributed by atoms with Crippen molar-refractivity contribution in [2.24, 2.45) is 0 Å². The molecule has 0 unspecified atom stereocenters. The largest absolute Gasteiger partial charge is 0.495 e. The van der Waals surface area contributed by atoms with Crippen molar-refractivity contribution in [3.05, 3.63) is 45.4 Å². The predicted molar refractivity (Wildman–Crippen MR) is 131 cm³/mol. The molecule has 1 heterocycles. The summed E-state index contributed by atoms with van der Waals surface area (Å²) >= 11 is 12.5. The Balaban J connectivity index is 2.09. The Morgan fingerprint density at radius 2 is 1.71 bits per heavy atom. The van der Waals surface area contributed by atoms with Gasteiger partial charge < -0.3 is 18.9 Å². The van der Waals surface area contributed by atoms with E-state index in [0.717, 1.165) is 4.90 Å². The molecule has 4 amide bonds. The minimum absolute atomic E-state index is 0.0284. The highest BCUT2D eigenvalue weighted by Crippen LogP contribution is 2.40. The normalized spacial score (nSPS) is 14.5. The van der Waals surface area contributed by atoms with Gasteiger partial charge in [-0.1, -0.05) is 29.1 Å². The second kappa shape index (κ2) is 11.0.